The molecular formula is C50H90N2O2. The molecule has 0 aromatic heterocycles. The van der Waals surface area contributed by atoms with Crippen molar-refractivity contribution >= 4 is 5.57 Å². The average Bonchev–Trinajstić information content (AvgIpc) is 3.11. The van der Waals surface area contributed by atoms with E-state index in [1.54, 1.807) is 6.08 Å². The van der Waals surface area contributed by atoms with E-state index in [0.29, 0.717) is 0 Å². The van der Waals surface area contributed by atoms with E-state index in [1.807, 2.05) is 59.7 Å². The van der Waals surface area contributed by atoms with Crippen LogP contribution in [0, 0.1) is 0 Å². The summed E-state index contributed by atoms with van der Waals surface area (Å²) in [6.07, 6.45) is 12.8. The van der Waals surface area contributed by atoms with Gasteiger partial charge in [-0.25, -0.2) is 0 Å². The zero-order valence-corrected chi connectivity index (χ0v) is 39.1. The molecule has 4 nitrogen and oxygen atoms in total. The molecular weight excluding hydrogens is 661 g/mol. The van der Waals surface area contributed by atoms with Gasteiger partial charge in [-0.1, -0.05) is 127 Å². The SMILES string of the molecule is C=C(C)c1ccccc1.C=CC.CC.CC.CCCC(C)(CC(C)ON1C(C)(C)CCCC1(C)C)c1ccccc1.CCON1C(C)(C)CCCC1(C)C. The fourth-order valence-electron chi connectivity index (χ4n) is 8.05. The standard InChI is InChI=1S/C23H39NO.C11H23NO.C9H10.C3H6.2C2H6/c1-8-15-23(7,20-13-10-9-11-14-20)18-19(2)25-24-21(3,4)16-12-17-22(24,5)6;1-6-13-12-10(2,3)8-7-9-11(12,4)5;1-8(2)9-6-4-3-5-7-9;1-3-2;2*1-2/h9-11,13-14,19H,8,12,15-18H2,1-7H3;6-9H2,1-5H3;3-7H,1H2,2H3;3H,1H2,2H3;2*1-2H3. The van der Waals surface area contributed by atoms with Crippen molar-refractivity contribution in [3.05, 3.63) is 91.0 Å². The summed E-state index contributed by atoms with van der Waals surface area (Å²) in [6, 6.07) is 21.1. The van der Waals surface area contributed by atoms with Crippen LogP contribution in [0.2, 0.25) is 0 Å². The van der Waals surface area contributed by atoms with Gasteiger partial charge in [0.15, 0.2) is 0 Å². The van der Waals surface area contributed by atoms with Crippen molar-refractivity contribution in [2.45, 2.75) is 216 Å². The summed E-state index contributed by atoms with van der Waals surface area (Å²) in [5, 5.41) is 4.51. The predicted molar refractivity (Wildman–Crippen MR) is 243 cm³/mol. The van der Waals surface area contributed by atoms with Crippen molar-refractivity contribution in [1.29, 1.82) is 0 Å². The smallest absolute Gasteiger partial charge is 0.0774 e. The molecule has 0 radical (unpaired) electrons. The minimum absolute atomic E-state index is 0.101. The van der Waals surface area contributed by atoms with Gasteiger partial charge in [0.25, 0.3) is 0 Å². The number of hydrogen-bond acceptors (Lipinski definition) is 4. The third-order valence-electron chi connectivity index (χ3n) is 10.2. The van der Waals surface area contributed by atoms with E-state index in [1.165, 1.54) is 62.5 Å². The molecule has 2 aliphatic rings. The van der Waals surface area contributed by atoms with Gasteiger partial charge in [-0.05, 0) is 151 Å². The first-order valence-corrected chi connectivity index (χ1v) is 21.5. The fourth-order valence-corrected chi connectivity index (χ4v) is 8.05. The first-order chi connectivity index (χ1) is 25.2. The number of hydrogen-bond donors (Lipinski definition) is 0. The second kappa shape index (κ2) is 26.6. The summed E-state index contributed by atoms with van der Waals surface area (Å²) in [4.78, 5) is 12.4. The Bertz CT molecular complexity index is 1200. The van der Waals surface area contributed by atoms with Crippen LogP contribution in [0.4, 0.5) is 0 Å². The number of piperidine rings is 2. The van der Waals surface area contributed by atoms with Crippen LogP contribution in [0.25, 0.3) is 5.57 Å². The monoisotopic (exact) mass is 751 g/mol. The Morgan fingerprint density at radius 1 is 0.741 bits per heavy atom. The zero-order chi connectivity index (χ0) is 42.2. The van der Waals surface area contributed by atoms with Crippen molar-refractivity contribution < 1.29 is 9.68 Å². The summed E-state index contributed by atoms with van der Waals surface area (Å²) in [6.45, 7) is 47.2. The van der Waals surface area contributed by atoms with Gasteiger partial charge in [-0.3, -0.25) is 9.68 Å². The lowest BCUT2D eigenvalue weighted by Gasteiger charge is -2.52. The van der Waals surface area contributed by atoms with Gasteiger partial charge in [0.05, 0.1) is 12.7 Å². The quantitative estimate of drug-likeness (QED) is 0.226. The summed E-state index contributed by atoms with van der Waals surface area (Å²) < 4.78 is 0. The van der Waals surface area contributed by atoms with Crippen LogP contribution < -0.4 is 0 Å². The molecule has 54 heavy (non-hydrogen) atoms. The molecule has 2 aliphatic heterocycles. The van der Waals surface area contributed by atoms with E-state index in [-0.39, 0.29) is 33.7 Å². The highest BCUT2D eigenvalue weighted by Crippen LogP contribution is 2.41. The molecule has 4 heteroatoms. The first kappa shape index (κ1) is 53.9. The zero-order valence-electron chi connectivity index (χ0n) is 39.1. The van der Waals surface area contributed by atoms with Crippen LogP contribution in [-0.4, -0.2) is 45.0 Å². The normalized spacial score (nSPS) is 19.6. The van der Waals surface area contributed by atoms with E-state index in [0.717, 1.165) is 18.6 Å². The summed E-state index contributed by atoms with van der Waals surface area (Å²) in [7, 11) is 0. The largest absolute Gasteiger partial charge is 0.298 e. The Morgan fingerprint density at radius 3 is 1.44 bits per heavy atom. The van der Waals surface area contributed by atoms with Gasteiger partial charge in [-0.2, -0.15) is 10.1 Å². The molecule has 0 N–H and O–H groups in total. The molecule has 2 atom stereocenters. The van der Waals surface area contributed by atoms with Crippen LogP contribution in [-0.2, 0) is 15.1 Å². The van der Waals surface area contributed by atoms with Crippen molar-refractivity contribution in [2.75, 3.05) is 6.61 Å². The van der Waals surface area contributed by atoms with Gasteiger partial charge in [0.1, 0.15) is 0 Å². The van der Waals surface area contributed by atoms with E-state index < -0.39 is 0 Å². The highest BCUT2D eigenvalue weighted by Gasteiger charge is 2.44. The third-order valence-corrected chi connectivity index (χ3v) is 10.2. The molecule has 0 spiro atoms. The van der Waals surface area contributed by atoms with Crippen molar-refractivity contribution in [3.63, 3.8) is 0 Å². The lowest BCUT2D eigenvalue weighted by Crippen LogP contribution is -2.59. The van der Waals surface area contributed by atoms with Crippen LogP contribution in [0.3, 0.4) is 0 Å². The Hall–Kier alpha value is -2.24. The lowest BCUT2D eigenvalue weighted by atomic mass is 9.74. The maximum absolute atomic E-state index is 6.62. The number of benzene rings is 2. The number of rotatable bonds is 10. The average molecular weight is 751 g/mol. The molecule has 2 heterocycles. The molecule has 2 aromatic carbocycles. The molecule has 0 amide bonds. The van der Waals surface area contributed by atoms with E-state index >= 15 is 0 Å². The van der Waals surface area contributed by atoms with Gasteiger partial charge in [0, 0.05) is 22.2 Å². The Balaban J connectivity index is 0. The van der Waals surface area contributed by atoms with Crippen LogP contribution >= 0.6 is 0 Å². The minimum Gasteiger partial charge on any atom is -0.298 e. The highest BCUT2D eigenvalue weighted by molar-refractivity contribution is 5.60. The van der Waals surface area contributed by atoms with Crippen LogP contribution in [0.5, 0.6) is 0 Å². The molecule has 2 aromatic rings. The molecule has 0 bridgehead atoms. The Morgan fingerprint density at radius 2 is 1.11 bits per heavy atom. The van der Waals surface area contributed by atoms with Gasteiger partial charge in [-0.15, -0.1) is 6.58 Å². The number of nitrogens with zero attached hydrogens (tertiary/aromatic N) is 2. The lowest BCUT2D eigenvalue weighted by molar-refractivity contribution is -0.304. The summed E-state index contributed by atoms with van der Waals surface area (Å²) in [5.41, 5.74) is 4.53. The number of allylic oxidation sites excluding steroid dienone is 2. The molecule has 4 rings (SSSR count). The summed E-state index contributed by atoms with van der Waals surface area (Å²) in [5.74, 6) is 0. The van der Waals surface area contributed by atoms with Crippen molar-refractivity contribution in [3.8, 4) is 0 Å². The second-order valence-corrected chi connectivity index (χ2v) is 17.3. The molecule has 2 saturated heterocycles. The Kier molecular flexibility index (Phi) is 26.5. The van der Waals surface area contributed by atoms with Crippen LogP contribution in [0.15, 0.2) is 79.9 Å². The fraction of sp³-hybridized carbons (Fsp3) is 0.680. The van der Waals surface area contributed by atoms with E-state index in [4.69, 9.17) is 9.68 Å². The van der Waals surface area contributed by atoms with Crippen LogP contribution in [0.1, 0.15) is 194 Å². The van der Waals surface area contributed by atoms with Gasteiger partial charge >= 0.3 is 0 Å². The van der Waals surface area contributed by atoms with E-state index in [2.05, 4.69) is 149 Å². The molecule has 0 saturated carbocycles. The minimum atomic E-state index is 0.101. The first-order valence-electron chi connectivity index (χ1n) is 21.5. The molecule has 2 fully saturated rings. The maximum Gasteiger partial charge on any atom is 0.0774 e. The Labute approximate surface area is 338 Å². The molecule has 312 valence electrons. The van der Waals surface area contributed by atoms with Crippen molar-refractivity contribution in [1.82, 2.24) is 10.1 Å². The maximum atomic E-state index is 6.62. The molecule has 2 unspecified atom stereocenters. The van der Waals surface area contributed by atoms with Gasteiger partial charge in [0.2, 0.25) is 0 Å². The highest BCUT2D eigenvalue weighted by atomic mass is 16.7. The third kappa shape index (κ3) is 18.6. The summed E-state index contributed by atoms with van der Waals surface area (Å²) >= 11 is 0. The number of hydroxylamine groups is 4. The molecule has 0 aliphatic carbocycles. The van der Waals surface area contributed by atoms with Crippen molar-refractivity contribution in [2.24, 2.45) is 0 Å². The predicted octanol–water partition coefficient (Wildman–Crippen LogP) is 15.4. The topological polar surface area (TPSA) is 24.9 Å². The van der Waals surface area contributed by atoms with Gasteiger partial charge < -0.3 is 0 Å². The second-order valence-electron chi connectivity index (χ2n) is 17.3. The van der Waals surface area contributed by atoms with E-state index in [9.17, 15) is 0 Å².